The Morgan fingerprint density at radius 2 is 1.70 bits per heavy atom. The number of hydrogen-bond acceptors (Lipinski definition) is 2. The van der Waals surface area contributed by atoms with Crippen molar-refractivity contribution in [2.75, 3.05) is 26.2 Å². The van der Waals surface area contributed by atoms with Crippen LogP contribution in [0, 0.1) is 5.92 Å². The van der Waals surface area contributed by atoms with E-state index < -0.39 is 0 Å². The van der Waals surface area contributed by atoms with Crippen molar-refractivity contribution in [3.05, 3.63) is 34.9 Å². The maximum Gasteiger partial charge on any atom is 0.254 e. The molecule has 2 aliphatic rings. The molecule has 0 aromatic heterocycles. The third-order valence-corrected chi connectivity index (χ3v) is 5.16. The topological polar surface area (TPSA) is 40.6 Å². The molecule has 1 aromatic carbocycles. The fourth-order valence-corrected chi connectivity index (χ4v) is 3.74. The van der Waals surface area contributed by atoms with Gasteiger partial charge in [-0.05, 0) is 37.0 Å². The van der Waals surface area contributed by atoms with Gasteiger partial charge in [0.15, 0.2) is 0 Å². The van der Waals surface area contributed by atoms with Gasteiger partial charge in [0, 0.05) is 43.2 Å². The summed E-state index contributed by atoms with van der Waals surface area (Å²) in [5, 5.41) is 0.571. The van der Waals surface area contributed by atoms with E-state index in [-0.39, 0.29) is 11.8 Å². The van der Waals surface area contributed by atoms with Crippen LogP contribution in [0.5, 0.6) is 0 Å². The Balaban J connectivity index is 1.51. The van der Waals surface area contributed by atoms with Crippen LogP contribution in [-0.2, 0) is 4.79 Å². The first-order valence-corrected chi connectivity index (χ1v) is 8.84. The van der Waals surface area contributed by atoms with Crippen molar-refractivity contribution in [2.24, 2.45) is 5.92 Å². The SMILES string of the molecule is O=C(CC1CCCC1)N1CCN(C(=O)c2cccc(Cl)c2)CC1. The molecule has 2 fully saturated rings. The molecule has 4 nitrogen and oxygen atoms in total. The van der Waals surface area contributed by atoms with Crippen LogP contribution in [-0.4, -0.2) is 47.8 Å². The maximum absolute atomic E-state index is 12.5. The van der Waals surface area contributed by atoms with Gasteiger partial charge in [-0.25, -0.2) is 0 Å². The zero-order valence-electron chi connectivity index (χ0n) is 13.3. The van der Waals surface area contributed by atoms with Crippen molar-refractivity contribution in [1.82, 2.24) is 9.80 Å². The molecule has 0 unspecified atom stereocenters. The lowest BCUT2D eigenvalue weighted by Gasteiger charge is -2.35. The monoisotopic (exact) mass is 334 g/mol. The van der Waals surface area contributed by atoms with Gasteiger partial charge in [-0.2, -0.15) is 0 Å². The van der Waals surface area contributed by atoms with Gasteiger partial charge in [0.1, 0.15) is 0 Å². The molecular weight excluding hydrogens is 312 g/mol. The van der Waals surface area contributed by atoms with E-state index in [1.54, 1.807) is 24.3 Å². The molecule has 5 heteroatoms. The molecule has 0 bridgehead atoms. The minimum absolute atomic E-state index is 0.00427. The lowest BCUT2D eigenvalue weighted by Crippen LogP contribution is -2.50. The summed E-state index contributed by atoms with van der Waals surface area (Å²) in [6.07, 6.45) is 5.60. The Morgan fingerprint density at radius 1 is 1.04 bits per heavy atom. The van der Waals surface area contributed by atoms with E-state index >= 15 is 0 Å². The summed E-state index contributed by atoms with van der Waals surface area (Å²) in [6.45, 7) is 2.47. The van der Waals surface area contributed by atoms with Crippen LogP contribution < -0.4 is 0 Å². The van der Waals surface area contributed by atoms with Gasteiger partial charge in [-0.1, -0.05) is 30.5 Å². The van der Waals surface area contributed by atoms with Crippen LogP contribution in [0.25, 0.3) is 0 Å². The first-order chi connectivity index (χ1) is 11.1. The summed E-state index contributed by atoms with van der Waals surface area (Å²) in [6, 6.07) is 7.03. The highest BCUT2D eigenvalue weighted by atomic mass is 35.5. The standard InChI is InChI=1S/C18H23ClN2O2/c19-16-7-3-6-15(13-16)18(23)21-10-8-20(9-11-21)17(22)12-14-4-1-2-5-14/h3,6-7,13-14H,1-2,4-5,8-12H2. The minimum Gasteiger partial charge on any atom is -0.339 e. The molecule has 1 aromatic rings. The third kappa shape index (κ3) is 4.05. The summed E-state index contributed by atoms with van der Waals surface area (Å²) in [7, 11) is 0. The van der Waals surface area contributed by atoms with E-state index in [0.29, 0.717) is 49.1 Å². The van der Waals surface area contributed by atoms with Gasteiger partial charge in [-0.15, -0.1) is 0 Å². The quantitative estimate of drug-likeness (QED) is 0.851. The molecule has 1 saturated carbocycles. The smallest absolute Gasteiger partial charge is 0.254 e. The second-order valence-electron chi connectivity index (χ2n) is 6.54. The number of hydrogen-bond donors (Lipinski definition) is 0. The Morgan fingerprint density at radius 3 is 2.35 bits per heavy atom. The van der Waals surface area contributed by atoms with Crippen LogP contribution in [0.4, 0.5) is 0 Å². The van der Waals surface area contributed by atoms with E-state index in [1.807, 2.05) is 9.80 Å². The first kappa shape index (κ1) is 16.3. The van der Waals surface area contributed by atoms with Crippen LogP contribution in [0.2, 0.25) is 5.02 Å². The summed E-state index contributed by atoms with van der Waals surface area (Å²) >= 11 is 5.95. The minimum atomic E-state index is -0.00427. The normalized spacial score (nSPS) is 19.2. The number of halogens is 1. The molecule has 0 N–H and O–H groups in total. The molecule has 0 atom stereocenters. The molecule has 2 amide bonds. The summed E-state index contributed by atoms with van der Waals surface area (Å²) in [5.41, 5.74) is 0.614. The summed E-state index contributed by atoms with van der Waals surface area (Å²) in [4.78, 5) is 28.5. The third-order valence-electron chi connectivity index (χ3n) is 4.93. The fraction of sp³-hybridized carbons (Fsp3) is 0.556. The molecule has 1 aliphatic carbocycles. The number of rotatable bonds is 3. The molecule has 3 rings (SSSR count). The molecule has 1 heterocycles. The lowest BCUT2D eigenvalue weighted by atomic mass is 10.0. The van der Waals surface area contributed by atoms with Crippen LogP contribution in [0.3, 0.4) is 0 Å². The van der Waals surface area contributed by atoms with Gasteiger partial charge < -0.3 is 9.80 Å². The predicted molar refractivity (Wildman–Crippen MR) is 90.5 cm³/mol. The molecule has 124 valence electrons. The number of carbonyl (C=O) groups is 2. The highest BCUT2D eigenvalue weighted by Crippen LogP contribution is 2.28. The highest BCUT2D eigenvalue weighted by molar-refractivity contribution is 6.30. The van der Waals surface area contributed by atoms with E-state index in [9.17, 15) is 9.59 Å². The second kappa shape index (κ2) is 7.35. The molecule has 1 saturated heterocycles. The number of carbonyl (C=O) groups excluding carboxylic acids is 2. The van der Waals surface area contributed by atoms with Gasteiger partial charge in [0.2, 0.25) is 5.91 Å². The van der Waals surface area contributed by atoms with Gasteiger partial charge in [-0.3, -0.25) is 9.59 Å². The molecule has 23 heavy (non-hydrogen) atoms. The van der Waals surface area contributed by atoms with Gasteiger partial charge in [0.25, 0.3) is 5.91 Å². The Hall–Kier alpha value is -1.55. The fourth-order valence-electron chi connectivity index (χ4n) is 3.55. The molecule has 1 aliphatic heterocycles. The van der Waals surface area contributed by atoms with Crippen molar-refractivity contribution in [3.8, 4) is 0 Å². The van der Waals surface area contributed by atoms with Crippen molar-refractivity contribution >= 4 is 23.4 Å². The van der Waals surface area contributed by atoms with E-state index in [4.69, 9.17) is 11.6 Å². The summed E-state index contributed by atoms with van der Waals surface area (Å²) in [5.74, 6) is 0.829. The number of nitrogens with zero attached hydrogens (tertiary/aromatic N) is 2. The first-order valence-electron chi connectivity index (χ1n) is 8.46. The average molecular weight is 335 g/mol. The van der Waals surface area contributed by atoms with Crippen LogP contribution >= 0.6 is 11.6 Å². The van der Waals surface area contributed by atoms with Gasteiger partial charge in [0.05, 0.1) is 0 Å². The van der Waals surface area contributed by atoms with E-state index in [2.05, 4.69) is 0 Å². The highest BCUT2D eigenvalue weighted by Gasteiger charge is 2.27. The molecule has 0 radical (unpaired) electrons. The Bertz CT molecular complexity index is 576. The lowest BCUT2D eigenvalue weighted by molar-refractivity contribution is -0.133. The largest absolute Gasteiger partial charge is 0.339 e. The average Bonchev–Trinajstić information content (AvgIpc) is 3.07. The van der Waals surface area contributed by atoms with Crippen molar-refractivity contribution in [1.29, 1.82) is 0 Å². The number of piperazine rings is 1. The summed E-state index contributed by atoms with van der Waals surface area (Å²) < 4.78 is 0. The zero-order valence-corrected chi connectivity index (χ0v) is 14.1. The maximum atomic E-state index is 12.5. The van der Waals surface area contributed by atoms with E-state index in [0.717, 1.165) is 0 Å². The Labute approximate surface area is 142 Å². The van der Waals surface area contributed by atoms with Crippen molar-refractivity contribution in [3.63, 3.8) is 0 Å². The number of amides is 2. The van der Waals surface area contributed by atoms with Gasteiger partial charge >= 0.3 is 0 Å². The van der Waals surface area contributed by atoms with Crippen molar-refractivity contribution < 1.29 is 9.59 Å². The second-order valence-corrected chi connectivity index (χ2v) is 6.97. The molecular formula is C18H23ClN2O2. The zero-order chi connectivity index (χ0) is 16.2. The Kier molecular flexibility index (Phi) is 5.21. The molecule has 0 spiro atoms. The van der Waals surface area contributed by atoms with Crippen molar-refractivity contribution in [2.45, 2.75) is 32.1 Å². The van der Waals surface area contributed by atoms with E-state index in [1.165, 1.54) is 25.7 Å². The number of benzene rings is 1. The van der Waals surface area contributed by atoms with Crippen LogP contribution in [0.15, 0.2) is 24.3 Å². The van der Waals surface area contributed by atoms with Crippen LogP contribution in [0.1, 0.15) is 42.5 Å². The predicted octanol–water partition coefficient (Wildman–Crippen LogP) is 3.20.